The zero-order valence-electron chi connectivity index (χ0n) is 9.78. The summed E-state index contributed by atoms with van der Waals surface area (Å²) in [5, 5.41) is 3.56. The van der Waals surface area contributed by atoms with Crippen LogP contribution in [0.4, 0.5) is 5.82 Å². The molecule has 1 aliphatic rings. The Hall–Kier alpha value is -0.390. The summed E-state index contributed by atoms with van der Waals surface area (Å²) in [4.78, 5) is 8.31. The van der Waals surface area contributed by atoms with Gasteiger partial charge < -0.3 is 5.32 Å². The van der Waals surface area contributed by atoms with Gasteiger partial charge in [0.25, 0.3) is 0 Å². The van der Waals surface area contributed by atoms with Gasteiger partial charge in [-0.05, 0) is 47.3 Å². The molecule has 0 spiro atoms. The number of hydrogen-bond acceptors (Lipinski definition) is 3. The second kappa shape index (κ2) is 5.29. The smallest absolute Gasteiger partial charge is 0.143 e. The van der Waals surface area contributed by atoms with Crippen molar-refractivity contribution >= 4 is 28.4 Å². The fourth-order valence-electron chi connectivity index (χ4n) is 2.62. The van der Waals surface area contributed by atoms with Gasteiger partial charge in [-0.2, -0.15) is 0 Å². The molecule has 1 heterocycles. The number of halogens is 1. The van der Waals surface area contributed by atoms with Crippen LogP contribution in [-0.2, 0) is 0 Å². The topological polar surface area (TPSA) is 37.8 Å². The first-order valence-corrected chi connectivity index (χ1v) is 7.02. The molecule has 88 valence electrons. The van der Waals surface area contributed by atoms with Gasteiger partial charge in [0.05, 0.1) is 3.57 Å². The molecule has 1 fully saturated rings. The summed E-state index contributed by atoms with van der Waals surface area (Å²) in [5.41, 5.74) is 0. The van der Waals surface area contributed by atoms with E-state index >= 15 is 0 Å². The van der Waals surface area contributed by atoms with E-state index in [0.717, 1.165) is 21.2 Å². The molecular weight excluding hydrogens is 313 g/mol. The zero-order chi connectivity index (χ0) is 11.5. The van der Waals surface area contributed by atoms with Gasteiger partial charge in [0.2, 0.25) is 0 Å². The summed E-state index contributed by atoms with van der Waals surface area (Å²) in [7, 11) is 0. The molecule has 4 heteroatoms. The molecule has 1 aromatic rings. The van der Waals surface area contributed by atoms with Crippen LogP contribution in [0.2, 0.25) is 0 Å². The van der Waals surface area contributed by atoms with Gasteiger partial charge in [0.15, 0.2) is 0 Å². The van der Waals surface area contributed by atoms with E-state index in [9.17, 15) is 0 Å². The van der Waals surface area contributed by atoms with E-state index in [2.05, 4.69) is 51.7 Å². The second-order valence-electron chi connectivity index (χ2n) is 4.57. The number of nitrogens with one attached hydrogen (secondary N) is 1. The van der Waals surface area contributed by atoms with Crippen molar-refractivity contribution in [2.24, 2.45) is 11.8 Å². The van der Waals surface area contributed by atoms with Gasteiger partial charge in [-0.3, -0.25) is 0 Å². The summed E-state index contributed by atoms with van der Waals surface area (Å²) in [6.07, 6.45) is 7.37. The molecule has 1 aliphatic carbocycles. The fourth-order valence-corrected chi connectivity index (χ4v) is 3.08. The standard InChI is InChI=1S/C12H18IN3/c1-3-9-4-5-11(8(9)2)16-12-10(13)6-14-7-15-12/h6-9,11H,3-5H2,1-2H3,(H,14,15,16). The molecule has 0 amide bonds. The first kappa shape index (κ1) is 12.1. The van der Waals surface area contributed by atoms with Gasteiger partial charge in [-0.25, -0.2) is 9.97 Å². The minimum absolute atomic E-state index is 0.577. The minimum Gasteiger partial charge on any atom is -0.366 e. The van der Waals surface area contributed by atoms with Gasteiger partial charge >= 0.3 is 0 Å². The molecule has 0 saturated heterocycles. The van der Waals surface area contributed by atoms with E-state index < -0.39 is 0 Å². The highest BCUT2D eigenvalue weighted by atomic mass is 127. The Morgan fingerprint density at radius 1 is 1.50 bits per heavy atom. The van der Waals surface area contributed by atoms with Crippen LogP contribution in [0.3, 0.4) is 0 Å². The third-order valence-corrected chi connectivity index (χ3v) is 4.53. The second-order valence-corrected chi connectivity index (χ2v) is 5.74. The number of hydrogen-bond donors (Lipinski definition) is 1. The van der Waals surface area contributed by atoms with E-state index in [-0.39, 0.29) is 0 Å². The van der Waals surface area contributed by atoms with E-state index in [0.29, 0.717) is 6.04 Å². The number of nitrogens with zero attached hydrogens (tertiary/aromatic N) is 2. The maximum atomic E-state index is 4.30. The molecule has 0 aliphatic heterocycles. The van der Waals surface area contributed by atoms with Crippen molar-refractivity contribution in [3.05, 3.63) is 16.1 Å². The lowest BCUT2D eigenvalue weighted by atomic mass is 9.93. The van der Waals surface area contributed by atoms with Crippen LogP contribution in [0.25, 0.3) is 0 Å². The highest BCUT2D eigenvalue weighted by Crippen LogP contribution is 2.35. The Bertz CT molecular complexity index is 356. The Kier molecular flexibility index (Phi) is 4.00. The Morgan fingerprint density at radius 2 is 2.31 bits per heavy atom. The fraction of sp³-hybridized carbons (Fsp3) is 0.667. The molecule has 2 rings (SSSR count). The SMILES string of the molecule is CCC1CCC(Nc2ncncc2I)C1C. The molecule has 3 atom stereocenters. The van der Waals surface area contributed by atoms with E-state index in [1.807, 2.05) is 6.20 Å². The number of aromatic nitrogens is 2. The first-order valence-electron chi connectivity index (χ1n) is 5.94. The van der Waals surface area contributed by atoms with Crippen LogP contribution in [0.1, 0.15) is 33.1 Å². The van der Waals surface area contributed by atoms with Crippen LogP contribution >= 0.6 is 22.6 Å². The molecule has 16 heavy (non-hydrogen) atoms. The number of rotatable bonds is 3. The molecule has 1 saturated carbocycles. The van der Waals surface area contributed by atoms with E-state index in [1.165, 1.54) is 19.3 Å². The molecule has 1 N–H and O–H groups in total. The lowest BCUT2D eigenvalue weighted by Crippen LogP contribution is -2.25. The monoisotopic (exact) mass is 331 g/mol. The summed E-state index contributed by atoms with van der Waals surface area (Å²) >= 11 is 2.28. The van der Waals surface area contributed by atoms with E-state index in [1.54, 1.807) is 6.33 Å². The van der Waals surface area contributed by atoms with Gasteiger partial charge in [-0.15, -0.1) is 0 Å². The zero-order valence-corrected chi connectivity index (χ0v) is 11.9. The molecule has 3 unspecified atom stereocenters. The van der Waals surface area contributed by atoms with Crippen molar-refractivity contribution < 1.29 is 0 Å². The largest absolute Gasteiger partial charge is 0.366 e. The van der Waals surface area contributed by atoms with E-state index in [4.69, 9.17) is 0 Å². The van der Waals surface area contributed by atoms with Crippen molar-refractivity contribution in [3.63, 3.8) is 0 Å². The summed E-state index contributed by atoms with van der Waals surface area (Å²) in [6, 6.07) is 0.577. The molecule has 0 radical (unpaired) electrons. The van der Waals surface area contributed by atoms with Crippen LogP contribution in [0.15, 0.2) is 12.5 Å². The van der Waals surface area contributed by atoms with Crippen molar-refractivity contribution in [1.82, 2.24) is 9.97 Å². The molecule has 1 aromatic heterocycles. The van der Waals surface area contributed by atoms with Gasteiger partial charge in [0.1, 0.15) is 12.1 Å². The summed E-state index contributed by atoms with van der Waals surface area (Å²) in [5.74, 6) is 2.61. The molecular formula is C12H18IN3. The van der Waals surface area contributed by atoms with Crippen LogP contribution < -0.4 is 5.32 Å². The van der Waals surface area contributed by atoms with Crippen LogP contribution in [0, 0.1) is 15.4 Å². The average molecular weight is 331 g/mol. The predicted octanol–water partition coefficient (Wildman–Crippen LogP) is 3.32. The van der Waals surface area contributed by atoms with Crippen molar-refractivity contribution in [1.29, 1.82) is 0 Å². The Balaban J connectivity index is 2.04. The van der Waals surface area contributed by atoms with Crippen LogP contribution in [-0.4, -0.2) is 16.0 Å². The van der Waals surface area contributed by atoms with Crippen molar-refractivity contribution in [3.8, 4) is 0 Å². The maximum Gasteiger partial charge on any atom is 0.143 e. The molecule has 3 nitrogen and oxygen atoms in total. The third-order valence-electron chi connectivity index (χ3n) is 3.74. The lowest BCUT2D eigenvalue weighted by Gasteiger charge is -2.21. The first-order chi connectivity index (χ1) is 7.72. The van der Waals surface area contributed by atoms with Gasteiger partial charge in [-0.1, -0.05) is 20.3 Å². The predicted molar refractivity (Wildman–Crippen MR) is 74.3 cm³/mol. The average Bonchev–Trinajstić information content (AvgIpc) is 2.63. The third kappa shape index (κ3) is 2.47. The maximum absolute atomic E-state index is 4.30. The Labute approximate surface area is 111 Å². The summed E-state index contributed by atoms with van der Waals surface area (Å²) < 4.78 is 1.10. The number of anilines is 1. The van der Waals surface area contributed by atoms with Gasteiger partial charge in [0, 0.05) is 12.2 Å². The van der Waals surface area contributed by atoms with Crippen molar-refractivity contribution in [2.45, 2.75) is 39.2 Å². The summed E-state index contributed by atoms with van der Waals surface area (Å²) in [6.45, 7) is 4.64. The minimum atomic E-state index is 0.577. The highest BCUT2D eigenvalue weighted by Gasteiger charge is 2.31. The van der Waals surface area contributed by atoms with Crippen LogP contribution in [0.5, 0.6) is 0 Å². The van der Waals surface area contributed by atoms with Crippen molar-refractivity contribution in [2.75, 3.05) is 5.32 Å². The Morgan fingerprint density at radius 3 is 2.94 bits per heavy atom. The molecule has 0 bridgehead atoms. The quantitative estimate of drug-likeness (QED) is 0.864. The molecule has 0 aromatic carbocycles. The lowest BCUT2D eigenvalue weighted by molar-refractivity contribution is 0.391. The normalized spacial score (nSPS) is 29.3. The highest BCUT2D eigenvalue weighted by molar-refractivity contribution is 14.1.